The normalized spacial score (nSPS) is 10.3. The van der Waals surface area contributed by atoms with Crippen molar-refractivity contribution in [2.45, 2.75) is 45.6 Å². The van der Waals surface area contributed by atoms with Crippen LogP contribution in [-0.4, -0.2) is 18.4 Å². The minimum Gasteiger partial charge on any atom is -0.494 e. The molecule has 0 aliphatic rings. The Morgan fingerprint density at radius 2 is 1.95 bits per heavy atom. The molecule has 0 spiro atoms. The maximum Gasteiger partial charge on any atom is 0.220 e. The molecule has 0 radical (unpaired) electrons. The van der Waals surface area contributed by atoms with Gasteiger partial charge in [-0.15, -0.1) is 11.6 Å². The Morgan fingerprint density at radius 3 is 2.60 bits per heavy atom. The van der Waals surface area contributed by atoms with Crippen molar-refractivity contribution >= 4 is 17.5 Å². The van der Waals surface area contributed by atoms with Crippen LogP contribution in [0.25, 0.3) is 0 Å². The predicted octanol–water partition coefficient (Wildman–Crippen LogP) is 3.89. The molecule has 4 heteroatoms. The van der Waals surface area contributed by atoms with Crippen LogP contribution in [0.1, 0.15) is 44.6 Å². The molecule has 1 aromatic carbocycles. The molecule has 1 amide bonds. The highest BCUT2D eigenvalue weighted by Crippen LogP contribution is 2.13. The van der Waals surface area contributed by atoms with Crippen molar-refractivity contribution in [1.82, 2.24) is 5.32 Å². The third-order valence-corrected chi connectivity index (χ3v) is 3.23. The second kappa shape index (κ2) is 10.6. The molecular formula is C16H24ClNO2. The largest absolute Gasteiger partial charge is 0.494 e. The summed E-state index contributed by atoms with van der Waals surface area (Å²) in [5, 5.41) is 2.87. The van der Waals surface area contributed by atoms with Gasteiger partial charge in [0.15, 0.2) is 0 Å². The van der Waals surface area contributed by atoms with E-state index in [4.69, 9.17) is 16.3 Å². The van der Waals surface area contributed by atoms with E-state index in [1.165, 1.54) is 12.8 Å². The number of alkyl halides is 1. The van der Waals surface area contributed by atoms with E-state index in [0.29, 0.717) is 18.8 Å². The third kappa shape index (κ3) is 7.39. The maximum absolute atomic E-state index is 11.5. The minimum absolute atomic E-state index is 0.0468. The van der Waals surface area contributed by atoms with E-state index in [1.807, 2.05) is 24.3 Å². The average Bonchev–Trinajstić information content (AvgIpc) is 2.48. The number of amides is 1. The van der Waals surface area contributed by atoms with Gasteiger partial charge in [-0.25, -0.2) is 0 Å². The van der Waals surface area contributed by atoms with Gasteiger partial charge in [0.05, 0.1) is 6.61 Å². The molecule has 0 aromatic heterocycles. The number of ether oxygens (including phenoxy) is 1. The minimum atomic E-state index is 0.0468. The molecule has 0 saturated heterocycles. The molecule has 0 bridgehead atoms. The number of carbonyl (C=O) groups excluding carboxylic acids is 1. The Hall–Kier alpha value is -1.22. The molecule has 0 saturated carbocycles. The molecule has 0 unspecified atom stereocenters. The molecule has 1 aromatic rings. The summed E-state index contributed by atoms with van der Waals surface area (Å²) in [5.41, 5.74) is 1.07. The van der Waals surface area contributed by atoms with Crippen LogP contribution < -0.4 is 10.1 Å². The van der Waals surface area contributed by atoms with Crippen LogP contribution in [0.15, 0.2) is 24.3 Å². The molecule has 112 valence electrons. The lowest BCUT2D eigenvalue weighted by Gasteiger charge is -2.08. The SMILES string of the molecule is CCCCCOc1ccc(CNC(=O)CCCCl)cc1. The Labute approximate surface area is 126 Å². The first-order valence-electron chi connectivity index (χ1n) is 7.30. The van der Waals surface area contributed by atoms with Crippen molar-refractivity contribution in [1.29, 1.82) is 0 Å². The second-order valence-corrected chi connectivity index (χ2v) is 5.15. The fraction of sp³-hybridized carbons (Fsp3) is 0.562. The van der Waals surface area contributed by atoms with Crippen molar-refractivity contribution < 1.29 is 9.53 Å². The van der Waals surface area contributed by atoms with E-state index < -0.39 is 0 Å². The Morgan fingerprint density at radius 1 is 1.20 bits per heavy atom. The van der Waals surface area contributed by atoms with Crippen molar-refractivity contribution in [3.05, 3.63) is 29.8 Å². The van der Waals surface area contributed by atoms with E-state index >= 15 is 0 Å². The third-order valence-electron chi connectivity index (χ3n) is 2.97. The lowest BCUT2D eigenvalue weighted by molar-refractivity contribution is -0.121. The first kappa shape index (κ1) is 16.8. The topological polar surface area (TPSA) is 38.3 Å². The summed E-state index contributed by atoms with van der Waals surface area (Å²) in [6, 6.07) is 7.87. The van der Waals surface area contributed by atoms with E-state index in [2.05, 4.69) is 12.2 Å². The zero-order valence-corrected chi connectivity index (χ0v) is 12.9. The summed E-state index contributed by atoms with van der Waals surface area (Å²) >= 11 is 5.55. The van der Waals surface area contributed by atoms with Gasteiger partial charge in [0, 0.05) is 18.8 Å². The number of halogens is 1. The summed E-state index contributed by atoms with van der Waals surface area (Å²) < 4.78 is 5.64. The van der Waals surface area contributed by atoms with E-state index in [-0.39, 0.29) is 5.91 Å². The number of hydrogen-bond donors (Lipinski definition) is 1. The molecule has 0 fully saturated rings. The lowest BCUT2D eigenvalue weighted by atomic mass is 10.2. The molecule has 1 rings (SSSR count). The fourth-order valence-electron chi connectivity index (χ4n) is 1.76. The van der Waals surface area contributed by atoms with Crippen LogP contribution in [0.5, 0.6) is 5.75 Å². The highest BCUT2D eigenvalue weighted by Gasteiger charge is 2.01. The summed E-state index contributed by atoms with van der Waals surface area (Å²) in [5.74, 6) is 1.46. The second-order valence-electron chi connectivity index (χ2n) is 4.77. The van der Waals surface area contributed by atoms with Crippen LogP contribution >= 0.6 is 11.6 Å². The molecule has 3 nitrogen and oxygen atoms in total. The molecule has 20 heavy (non-hydrogen) atoms. The zero-order valence-electron chi connectivity index (χ0n) is 12.2. The smallest absolute Gasteiger partial charge is 0.220 e. The maximum atomic E-state index is 11.5. The number of unbranched alkanes of at least 4 members (excludes halogenated alkanes) is 2. The zero-order chi connectivity index (χ0) is 14.6. The van der Waals surface area contributed by atoms with Crippen molar-refractivity contribution in [3.63, 3.8) is 0 Å². The number of nitrogens with one attached hydrogen (secondary N) is 1. The summed E-state index contributed by atoms with van der Waals surface area (Å²) in [7, 11) is 0. The Kier molecular flexibility index (Phi) is 8.88. The van der Waals surface area contributed by atoms with Crippen molar-refractivity contribution in [2.24, 2.45) is 0 Å². The Balaban J connectivity index is 2.26. The monoisotopic (exact) mass is 297 g/mol. The van der Waals surface area contributed by atoms with E-state index in [1.54, 1.807) is 0 Å². The van der Waals surface area contributed by atoms with Gasteiger partial charge in [0.1, 0.15) is 5.75 Å². The van der Waals surface area contributed by atoms with E-state index in [0.717, 1.165) is 30.8 Å². The standard InChI is InChI=1S/C16H24ClNO2/c1-2-3-4-12-20-15-9-7-14(8-10-15)13-18-16(19)6-5-11-17/h7-10H,2-6,11-13H2,1H3,(H,18,19). The highest BCUT2D eigenvalue weighted by molar-refractivity contribution is 6.17. The van der Waals surface area contributed by atoms with Gasteiger partial charge < -0.3 is 10.1 Å². The van der Waals surface area contributed by atoms with Gasteiger partial charge in [-0.1, -0.05) is 31.9 Å². The van der Waals surface area contributed by atoms with Crippen LogP contribution in [0.3, 0.4) is 0 Å². The predicted molar refractivity (Wildman–Crippen MR) is 83.3 cm³/mol. The van der Waals surface area contributed by atoms with Gasteiger partial charge in [0.25, 0.3) is 0 Å². The number of hydrogen-bond acceptors (Lipinski definition) is 2. The van der Waals surface area contributed by atoms with E-state index in [9.17, 15) is 4.79 Å². The molecule has 0 aliphatic heterocycles. The lowest BCUT2D eigenvalue weighted by Crippen LogP contribution is -2.22. The summed E-state index contributed by atoms with van der Waals surface area (Å²) in [4.78, 5) is 11.5. The number of carbonyl (C=O) groups is 1. The van der Waals surface area contributed by atoms with Gasteiger partial charge in [-0.3, -0.25) is 4.79 Å². The summed E-state index contributed by atoms with van der Waals surface area (Å²) in [6.07, 6.45) is 4.70. The molecule has 1 N–H and O–H groups in total. The first-order chi connectivity index (χ1) is 9.76. The van der Waals surface area contributed by atoms with Gasteiger partial charge in [-0.2, -0.15) is 0 Å². The van der Waals surface area contributed by atoms with Gasteiger partial charge in [0.2, 0.25) is 5.91 Å². The van der Waals surface area contributed by atoms with Gasteiger partial charge >= 0.3 is 0 Å². The van der Waals surface area contributed by atoms with Crippen LogP contribution in [0, 0.1) is 0 Å². The number of benzene rings is 1. The van der Waals surface area contributed by atoms with Gasteiger partial charge in [-0.05, 0) is 30.5 Å². The highest BCUT2D eigenvalue weighted by atomic mass is 35.5. The van der Waals surface area contributed by atoms with Crippen LogP contribution in [0.4, 0.5) is 0 Å². The fourth-order valence-corrected chi connectivity index (χ4v) is 1.90. The number of rotatable bonds is 10. The first-order valence-corrected chi connectivity index (χ1v) is 7.84. The molecule has 0 atom stereocenters. The molecule has 0 aliphatic carbocycles. The average molecular weight is 298 g/mol. The van der Waals surface area contributed by atoms with Crippen molar-refractivity contribution in [3.8, 4) is 5.75 Å². The molecular weight excluding hydrogens is 274 g/mol. The Bertz CT molecular complexity index is 379. The van der Waals surface area contributed by atoms with Crippen LogP contribution in [-0.2, 0) is 11.3 Å². The summed E-state index contributed by atoms with van der Waals surface area (Å²) in [6.45, 7) is 3.50. The van der Waals surface area contributed by atoms with Crippen LogP contribution in [0.2, 0.25) is 0 Å². The van der Waals surface area contributed by atoms with Crippen molar-refractivity contribution in [2.75, 3.05) is 12.5 Å². The molecule has 0 heterocycles. The quantitative estimate of drug-likeness (QED) is 0.525.